The lowest BCUT2D eigenvalue weighted by atomic mass is 10.0. The molecule has 1 aliphatic rings. The molecule has 0 fully saturated rings. The van der Waals surface area contributed by atoms with Gasteiger partial charge in [0.1, 0.15) is 17.0 Å². The Morgan fingerprint density at radius 3 is 3.11 bits per heavy atom. The van der Waals surface area contributed by atoms with E-state index in [1.54, 1.807) is 13.2 Å². The Balaban J connectivity index is 2.01. The third-order valence-corrected chi connectivity index (χ3v) is 4.21. The molecule has 1 aliphatic carbocycles. The molecule has 0 aliphatic heterocycles. The number of hydrogen-bond donors (Lipinski definition) is 1. The highest BCUT2D eigenvalue weighted by Crippen LogP contribution is 2.37. The minimum absolute atomic E-state index is 0.372. The van der Waals surface area contributed by atoms with Gasteiger partial charge in [-0.25, -0.2) is 15.0 Å². The fourth-order valence-electron chi connectivity index (χ4n) is 2.07. The van der Waals surface area contributed by atoms with Crippen LogP contribution in [-0.4, -0.2) is 27.2 Å². The summed E-state index contributed by atoms with van der Waals surface area (Å²) in [5, 5.41) is 10.8. The van der Waals surface area contributed by atoms with Crippen molar-refractivity contribution >= 4 is 11.3 Å². The molecule has 0 radical (unpaired) electrons. The van der Waals surface area contributed by atoms with Gasteiger partial charge >= 0.3 is 0 Å². The smallest absolute Gasteiger partial charge is 0.216 e. The van der Waals surface area contributed by atoms with Crippen LogP contribution in [0.3, 0.4) is 0 Å². The average molecular weight is 263 g/mol. The van der Waals surface area contributed by atoms with Gasteiger partial charge in [0, 0.05) is 6.07 Å². The van der Waals surface area contributed by atoms with Gasteiger partial charge in [-0.3, -0.25) is 0 Å². The second-order valence-corrected chi connectivity index (χ2v) is 5.21. The summed E-state index contributed by atoms with van der Waals surface area (Å²) in [7, 11) is 1.57. The van der Waals surface area contributed by atoms with Crippen molar-refractivity contribution in [1.82, 2.24) is 15.0 Å². The van der Waals surface area contributed by atoms with Crippen molar-refractivity contribution in [2.75, 3.05) is 7.11 Å². The van der Waals surface area contributed by atoms with Crippen LogP contribution in [0.25, 0.3) is 10.7 Å². The summed E-state index contributed by atoms with van der Waals surface area (Å²) in [6.07, 6.45) is 3.84. The molecule has 0 saturated carbocycles. The minimum Gasteiger partial charge on any atom is -0.481 e. The van der Waals surface area contributed by atoms with Gasteiger partial charge < -0.3 is 9.84 Å². The molecule has 1 N–H and O–H groups in total. The molecule has 2 aromatic rings. The van der Waals surface area contributed by atoms with Crippen molar-refractivity contribution in [2.24, 2.45) is 0 Å². The molecule has 94 valence electrons. The molecule has 1 unspecified atom stereocenters. The quantitative estimate of drug-likeness (QED) is 0.897. The topological polar surface area (TPSA) is 68.1 Å². The SMILES string of the molecule is COc1cc(-c2nc3c(s2)C(O)CCC3)ncn1. The standard InChI is InChI=1S/C12H13N3O2S/c1-17-10-5-8(13-6-14-10)12-15-7-3-2-4-9(16)11(7)18-12/h5-6,9,16H,2-4H2,1H3. The summed E-state index contributed by atoms with van der Waals surface area (Å²) < 4.78 is 5.08. The van der Waals surface area contributed by atoms with Crippen LogP contribution in [0.15, 0.2) is 12.4 Å². The maximum atomic E-state index is 9.94. The number of aryl methyl sites for hydroxylation is 1. The zero-order valence-corrected chi connectivity index (χ0v) is 10.8. The Morgan fingerprint density at radius 2 is 2.33 bits per heavy atom. The summed E-state index contributed by atoms with van der Waals surface area (Å²) in [6.45, 7) is 0. The normalized spacial score (nSPS) is 18.4. The summed E-state index contributed by atoms with van der Waals surface area (Å²) in [6, 6.07) is 1.76. The number of hydrogen-bond acceptors (Lipinski definition) is 6. The number of thiazole rings is 1. The van der Waals surface area contributed by atoms with Crippen molar-refractivity contribution in [3.63, 3.8) is 0 Å². The number of aliphatic hydroxyl groups excluding tert-OH is 1. The van der Waals surface area contributed by atoms with Crippen molar-refractivity contribution in [3.05, 3.63) is 23.0 Å². The second kappa shape index (κ2) is 4.62. The summed E-state index contributed by atoms with van der Waals surface area (Å²) in [5.41, 5.74) is 1.75. The first-order valence-electron chi connectivity index (χ1n) is 5.82. The number of nitrogens with zero attached hydrogens (tertiary/aromatic N) is 3. The van der Waals surface area contributed by atoms with Crippen LogP contribution in [0, 0.1) is 0 Å². The van der Waals surface area contributed by atoms with E-state index in [1.807, 2.05) is 0 Å². The maximum Gasteiger partial charge on any atom is 0.216 e. The number of aliphatic hydroxyl groups is 1. The van der Waals surface area contributed by atoms with Gasteiger partial charge in [0.25, 0.3) is 0 Å². The van der Waals surface area contributed by atoms with Crippen LogP contribution < -0.4 is 4.74 Å². The largest absolute Gasteiger partial charge is 0.481 e. The van der Waals surface area contributed by atoms with Crippen LogP contribution in [-0.2, 0) is 6.42 Å². The predicted molar refractivity (Wildman–Crippen MR) is 67.6 cm³/mol. The third-order valence-electron chi connectivity index (χ3n) is 2.99. The van der Waals surface area contributed by atoms with E-state index in [2.05, 4.69) is 15.0 Å². The van der Waals surface area contributed by atoms with E-state index >= 15 is 0 Å². The van der Waals surface area contributed by atoms with E-state index in [-0.39, 0.29) is 6.10 Å². The van der Waals surface area contributed by atoms with Gasteiger partial charge in [0.15, 0.2) is 0 Å². The molecule has 18 heavy (non-hydrogen) atoms. The Morgan fingerprint density at radius 1 is 1.44 bits per heavy atom. The van der Waals surface area contributed by atoms with Gasteiger partial charge in [0.2, 0.25) is 5.88 Å². The Kier molecular flexibility index (Phi) is 2.97. The van der Waals surface area contributed by atoms with Crippen LogP contribution in [0.4, 0.5) is 0 Å². The second-order valence-electron chi connectivity index (χ2n) is 4.18. The average Bonchev–Trinajstić information content (AvgIpc) is 2.84. The van der Waals surface area contributed by atoms with Crippen LogP contribution in [0.2, 0.25) is 0 Å². The summed E-state index contributed by atoms with van der Waals surface area (Å²) in [4.78, 5) is 13.7. The first-order valence-corrected chi connectivity index (χ1v) is 6.63. The number of rotatable bonds is 2. The molecule has 2 aromatic heterocycles. The van der Waals surface area contributed by atoms with Crippen LogP contribution in [0.5, 0.6) is 5.88 Å². The fourth-order valence-corrected chi connectivity index (χ4v) is 3.17. The zero-order chi connectivity index (χ0) is 12.5. The number of ether oxygens (including phenoxy) is 1. The molecular formula is C12H13N3O2S. The Bertz CT molecular complexity index is 570. The monoisotopic (exact) mass is 263 g/mol. The van der Waals surface area contributed by atoms with Crippen molar-refractivity contribution < 1.29 is 9.84 Å². The lowest BCUT2D eigenvalue weighted by Gasteiger charge is -2.14. The van der Waals surface area contributed by atoms with Crippen molar-refractivity contribution in [1.29, 1.82) is 0 Å². The highest BCUT2D eigenvalue weighted by molar-refractivity contribution is 7.15. The molecule has 0 saturated heterocycles. The van der Waals surface area contributed by atoms with Gasteiger partial charge in [-0.15, -0.1) is 11.3 Å². The molecule has 0 bridgehead atoms. The molecule has 0 amide bonds. The molecule has 6 heteroatoms. The van der Waals surface area contributed by atoms with Crippen molar-refractivity contribution in [3.8, 4) is 16.6 Å². The molecule has 5 nitrogen and oxygen atoms in total. The first-order chi connectivity index (χ1) is 8.78. The minimum atomic E-state index is -0.372. The lowest BCUT2D eigenvalue weighted by molar-refractivity contribution is 0.160. The van der Waals surface area contributed by atoms with Gasteiger partial charge in [0.05, 0.1) is 23.8 Å². The highest BCUT2D eigenvalue weighted by atomic mass is 32.1. The third kappa shape index (κ3) is 1.97. The molecule has 2 heterocycles. The van der Waals surface area contributed by atoms with Gasteiger partial charge in [-0.1, -0.05) is 0 Å². The van der Waals surface area contributed by atoms with Gasteiger partial charge in [-0.05, 0) is 19.3 Å². The van der Waals surface area contributed by atoms with Crippen LogP contribution >= 0.6 is 11.3 Å². The summed E-state index contributed by atoms with van der Waals surface area (Å²) >= 11 is 1.51. The van der Waals surface area contributed by atoms with E-state index in [9.17, 15) is 5.11 Å². The van der Waals surface area contributed by atoms with E-state index in [1.165, 1.54) is 17.7 Å². The molecule has 1 atom stereocenters. The number of aromatic nitrogens is 3. The fraction of sp³-hybridized carbons (Fsp3) is 0.417. The molecule has 0 spiro atoms. The van der Waals surface area contributed by atoms with Crippen molar-refractivity contribution in [2.45, 2.75) is 25.4 Å². The van der Waals surface area contributed by atoms with E-state index in [4.69, 9.17) is 4.74 Å². The van der Waals surface area contributed by atoms with E-state index in [0.29, 0.717) is 5.88 Å². The molecule has 3 rings (SSSR count). The highest BCUT2D eigenvalue weighted by Gasteiger charge is 2.23. The Hall–Kier alpha value is -1.53. The molecule has 0 aromatic carbocycles. The zero-order valence-electron chi connectivity index (χ0n) is 9.96. The molecular weight excluding hydrogens is 250 g/mol. The first kappa shape index (κ1) is 11.6. The van der Waals surface area contributed by atoms with Gasteiger partial charge in [-0.2, -0.15) is 0 Å². The lowest BCUT2D eigenvalue weighted by Crippen LogP contribution is -2.06. The van der Waals surface area contributed by atoms with E-state index in [0.717, 1.165) is 40.5 Å². The summed E-state index contributed by atoms with van der Waals surface area (Å²) in [5.74, 6) is 0.522. The number of methoxy groups -OCH3 is 1. The number of fused-ring (bicyclic) bond motifs is 1. The van der Waals surface area contributed by atoms with Crippen LogP contribution in [0.1, 0.15) is 29.5 Å². The van der Waals surface area contributed by atoms with E-state index < -0.39 is 0 Å². The Labute approximate surface area is 109 Å². The maximum absolute atomic E-state index is 9.94. The predicted octanol–water partition coefficient (Wildman–Crippen LogP) is 1.98.